The van der Waals surface area contributed by atoms with Gasteiger partial charge in [-0.3, -0.25) is 0 Å². The van der Waals surface area contributed by atoms with Crippen LogP contribution < -0.4 is 5.32 Å². The molecule has 2 aromatic carbocycles. The van der Waals surface area contributed by atoms with Gasteiger partial charge in [-0.1, -0.05) is 82.3 Å². The molecule has 0 aliphatic heterocycles. The Morgan fingerprint density at radius 3 is 2.05 bits per heavy atom. The highest BCUT2D eigenvalue weighted by Gasteiger charge is 2.14. The van der Waals surface area contributed by atoms with E-state index in [9.17, 15) is 0 Å². The summed E-state index contributed by atoms with van der Waals surface area (Å²) in [5.74, 6) is 0. The van der Waals surface area contributed by atoms with Crippen LogP contribution in [0.2, 0.25) is 0 Å². The summed E-state index contributed by atoms with van der Waals surface area (Å²) in [6, 6.07) is 20.2. The molecular weight excluding hydrogens is 254 g/mol. The van der Waals surface area contributed by atoms with Gasteiger partial charge in [-0.25, -0.2) is 0 Å². The van der Waals surface area contributed by atoms with E-state index in [0.29, 0.717) is 6.04 Å². The molecule has 0 aliphatic rings. The molecule has 1 N–H and O–H groups in total. The Hall–Kier alpha value is -1.60. The Morgan fingerprint density at radius 2 is 1.52 bits per heavy atom. The zero-order valence-electron chi connectivity index (χ0n) is 13.7. The van der Waals surface area contributed by atoms with Crippen LogP contribution in [0.25, 0.3) is 0 Å². The molecule has 0 saturated carbocycles. The largest absolute Gasteiger partial charge is 0.310 e. The quantitative estimate of drug-likeness (QED) is 0.824. The average molecular weight is 281 g/mol. The molecule has 2 aromatic rings. The van der Waals surface area contributed by atoms with Crippen molar-refractivity contribution in [2.24, 2.45) is 0 Å². The van der Waals surface area contributed by atoms with E-state index in [4.69, 9.17) is 0 Å². The van der Waals surface area contributed by atoms with Gasteiger partial charge in [0.2, 0.25) is 0 Å². The van der Waals surface area contributed by atoms with Crippen LogP contribution in [0.5, 0.6) is 0 Å². The predicted molar refractivity (Wildman–Crippen MR) is 91.7 cm³/mol. The van der Waals surface area contributed by atoms with Gasteiger partial charge in [0.15, 0.2) is 0 Å². The lowest BCUT2D eigenvalue weighted by molar-refractivity contribution is 0.549. The van der Waals surface area contributed by atoms with E-state index in [1.165, 1.54) is 16.7 Å². The van der Waals surface area contributed by atoms with Crippen LogP contribution in [0, 0.1) is 0 Å². The van der Waals surface area contributed by atoms with Gasteiger partial charge in [-0.05, 0) is 35.1 Å². The van der Waals surface area contributed by atoms with Gasteiger partial charge in [0.05, 0.1) is 0 Å². The Labute approximate surface area is 129 Å². The van der Waals surface area contributed by atoms with E-state index in [1.807, 2.05) is 0 Å². The Balaban J connectivity index is 2.14. The van der Waals surface area contributed by atoms with Gasteiger partial charge in [-0.2, -0.15) is 0 Å². The molecule has 0 aliphatic carbocycles. The highest BCUT2D eigenvalue weighted by Crippen LogP contribution is 2.24. The summed E-state index contributed by atoms with van der Waals surface area (Å²) in [6.45, 7) is 9.92. The Bertz CT molecular complexity index is 534. The molecular formula is C20H27N. The lowest BCUT2D eigenvalue weighted by atomic mass is 9.86. The molecule has 0 radical (unpaired) electrons. The Morgan fingerprint density at radius 1 is 0.905 bits per heavy atom. The summed E-state index contributed by atoms with van der Waals surface area (Å²) in [5, 5.41) is 3.59. The first kappa shape index (κ1) is 15.8. The number of benzene rings is 2. The van der Waals surface area contributed by atoms with E-state index in [1.54, 1.807) is 0 Å². The molecule has 0 fully saturated rings. The van der Waals surface area contributed by atoms with Crippen molar-refractivity contribution in [2.45, 2.75) is 45.6 Å². The lowest BCUT2D eigenvalue weighted by Gasteiger charge is -2.21. The SMILES string of the molecule is CCNC(Cc1ccc(C(C)(C)C)cc1)c1ccccc1. The maximum absolute atomic E-state index is 3.59. The number of hydrogen-bond donors (Lipinski definition) is 1. The third-order valence-corrected chi connectivity index (χ3v) is 3.91. The first-order chi connectivity index (χ1) is 10.0. The van der Waals surface area contributed by atoms with Crippen LogP contribution in [-0.2, 0) is 11.8 Å². The molecule has 1 unspecified atom stereocenters. The first-order valence-electron chi connectivity index (χ1n) is 7.88. The van der Waals surface area contributed by atoms with E-state index >= 15 is 0 Å². The standard InChI is InChI=1S/C20H27N/c1-5-21-19(17-9-7-6-8-10-17)15-16-11-13-18(14-12-16)20(2,3)4/h6-14,19,21H,5,15H2,1-4H3. The zero-order valence-corrected chi connectivity index (χ0v) is 13.7. The summed E-state index contributed by atoms with van der Waals surface area (Å²) in [7, 11) is 0. The first-order valence-corrected chi connectivity index (χ1v) is 7.88. The normalized spacial score (nSPS) is 13.1. The van der Waals surface area contributed by atoms with Crippen molar-refractivity contribution in [3.63, 3.8) is 0 Å². The second-order valence-electron chi connectivity index (χ2n) is 6.67. The van der Waals surface area contributed by atoms with Crippen LogP contribution in [0.3, 0.4) is 0 Å². The van der Waals surface area contributed by atoms with Crippen molar-refractivity contribution < 1.29 is 0 Å². The van der Waals surface area contributed by atoms with Crippen LogP contribution in [0.1, 0.15) is 50.4 Å². The maximum atomic E-state index is 3.59. The molecule has 1 heteroatoms. The molecule has 112 valence electrons. The molecule has 0 saturated heterocycles. The smallest absolute Gasteiger partial charge is 0.0360 e. The fourth-order valence-corrected chi connectivity index (χ4v) is 2.62. The molecule has 0 amide bonds. The van der Waals surface area contributed by atoms with Gasteiger partial charge in [0.25, 0.3) is 0 Å². The monoisotopic (exact) mass is 281 g/mol. The van der Waals surface area contributed by atoms with E-state index in [2.05, 4.69) is 87.6 Å². The highest BCUT2D eigenvalue weighted by atomic mass is 14.9. The predicted octanol–water partition coefficient (Wildman–Crippen LogP) is 4.88. The zero-order chi connectivity index (χ0) is 15.3. The molecule has 2 rings (SSSR count). The lowest BCUT2D eigenvalue weighted by Crippen LogP contribution is -2.23. The van der Waals surface area contributed by atoms with Crippen LogP contribution >= 0.6 is 0 Å². The topological polar surface area (TPSA) is 12.0 Å². The minimum Gasteiger partial charge on any atom is -0.310 e. The number of likely N-dealkylation sites (N-methyl/N-ethyl adjacent to an activating group) is 1. The maximum Gasteiger partial charge on any atom is 0.0360 e. The van der Waals surface area contributed by atoms with Gasteiger partial charge in [-0.15, -0.1) is 0 Å². The second-order valence-corrected chi connectivity index (χ2v) is 6.67. The van der Waals surface area contributed by atoms with Gasteiger partial charge in [0, 0.05) is 6.04 Å². The molecule has 1 nitrogen and oxygen atoms in total. The molecule has 0 bridgehead atoms. The second kappa shape index (κ2) is 6.91. The highest BCUT2D eigenvalue weighted by molar-refractivity contribution is 5.29. The third-order valence-electron chi connectivity index (χ3n) is 3.91. The number of hydrogen-bond acceptors (Lipinski definition) is 1. The van der Waals surface area contributed by atoms with E-state index < -0.39 is 0 Å². The van der Waals surface area contributed by atoms with E-state index in [0.717, 1.165) is 13.0 Å². The van der Waals surface area contributed by atoms with Crippen molar-refractivity contribution in [1.82, 2.24) is 5.32 Å². The summed E-state index contributed by atoms with van der Waals surface area (Å²) in [4.78, 5) is 0. The number of nitrogens with one attached hydrogen (secondary N) is 1. The molecule has 0 spiro atoms. The Kier molecular flexibility index (Phi) is 5.19. The van der Waals surface area contributed by atoms with Crippen molar-refractivity contribution in [1.29, 1.82) is 0 Å². The fourth-order valence-electron chi connectivity index (χ4n) is 2.62. The van der Waals surface area contributed by atoms with Gasteiger partial charge in [0.1, 0.15) is 0 Å². The van der Waals surface area contributed by atoms with Crippen molar-refractivity contribution >= 4 is 0 Å². The minimum absolute atomic E-state index is 0.221. The van der Waals surface area contributed by atoms with Crippen LogP contribution in [0.4, 0.5) is 0 Å². The average Bonchev–Trinajstić information content (AvgIpc) is 2.47. The van der Waals surface area contributed by atoms with Gasteiger partial charge < -0.3 is 5.32 Å². The third kappa shape index (κ3) is 4.44. The summed E-state index contributed by atoms with van der Waals surface area (Å²) in [5.41, 5.74) is 4.36. The van der Waals surface area contributed by atoms with Crippen molar-refractivity contribution in [2.75, 3.05) is 6.54 Å². The summed E-state index contributed by atoms with van der Waals surface area (Å²) in [6.07, 6.45) is 1.03. The minimum atomic E-state index is 0.221. The van der Waals surface area contributed by atoms with Crippen LogP contribution in [0.15, 0.2) is 54.6 Å². The molecule has 0 aromatic heterocycles. The van der Waals surface area contributed by atoms with Crippen molar-refractivity contribution in [3.05, 3.63) is 71.3 Å². The van der Waals surface area contributed by atoms with Gasteiger partial charge >= 0.3 is 0 Å². The van der Waals surface area contributed by atoms with Crippen molar-refractivity contribution in [3.8, 4) is 0 Å². The fraction of sp³-hybridized carbons (Fsp3) is 0.400. The summed E-state index contributed by atoms with van der Waals surface area (Å²) >= 11 is 0. The molecule has 21 heavy (non-hydrogen) atoms. The molecule has 0 heterocycles. The van der Waals surface area contributed by atoms with E-state index in [-0.39, 0.29) is 5.41 Å². The number of rotatable bonds is 5. The van der Waals surface area contributed by atoms with Crippen LogP contribution in [-0.4, -0.2) is 6.54 Å². The molecule has 1 atom stereocenters. The summed E-state index contributed by atoms with van der Waals surface area (Å²) < 4.78 is 0.